The van der Waals surface area contributed by atoms with Gasteiger partial charge in [-0.25, -0.2) is 0 Å². The van der Waals surface area contributed by atoms with Gasteiger partial charge in [0.15, 0.2) is 6.61 Å². The van der Waals surface area contributed by atoms with Gasteiger partial charge in [-0.1, -0.05) is 54.9 Å². The van der Waals surface area contributed by atoms with Crippen molar-refractivity contribution in [1.29, 1.82) is 0 Å². The summed E-state index contributed by atoms with van der Waals surface area (Å²) in [5, 5.41) is 2.61. The molecule has 162 valence electrons. The maximum Gasteiger partial charge on any atom is 0.261 e. The monoisotopic (exact) mass is 538 g/mol. The smallest absolute Gasteiger partial charge is 0.261 e. The van der Waals surface area contributed by atoms with Crippen molar-refractivity contribution >= 4 is 43.7 Å². The van der Waals surface area contributed by atoms with Crippen LogP contribution in [-0.4, -0.2) is 36.4 Å². The normalized spacial score (nSPS) is 12.2. The molecule has 0 radical (unpaired) electrons. The number of nitrogens with zero attached hydrogens (tertiary/aromatic N) is 1. The number of likely N-dealkylation sites (N-methyl/N-ethyl adjacent to an activating group) is 1. The first-order chi connectivity index (χ1) is 14.0. The van der Waals surface area contributed by atoms with E-state index in [0.717, 1.165) is 20.1 Å². The van der Waals surface area contributed by atoms with Gasteiger partial charge in [-0.05, 0) is 63.7 Å². The number of halogens is 2. The van der Waals surface area contributed by atoms with Crippen molar-refractivity contribution in [3.05, 3.63) is 62.5 Å². The van der Waals surface area contributed by atoms with Crippen molar-refractivity contribution in [2.24, 2.45) is 0 Å². The Bertz CT molecular complexity index is 892. The van der Waals surface area contributed by atoms with Crippen LogP contribution < -0.4 is 10.1 Å². The number of hydrogen-bond acceptors (Lipinski definition) is 3. The summed E-state index contributed by atoms with van der Waals surface area (Å²) in [6.07, 6.45) is 0. The van der Waals surface area contributed by atoms with Crippen molar-refractivity contribution in [2.75, 3.05) is 13.7 Å². The van der Waals surface area contributed by atoms with Crippen LogP contribution in [0.1, 0.15) is 38.8 Å². The Balaban J connectivity index is 2.15. The first-order valence-electron chi connectivity index (χ1n) is 9.71. The molecule has 2 aromatic carbocycles. The van der Waals surface area contributed by atoms with Gasteiger partial charge in [0.05, 0.1) is 4.47 Å². The molecule has 2 aromatic rings. The number of ether oxygens (including phenoxy) is 1. The van der Waals surface area contributed by atoms with Crippen LogP contribution in [0, 0.1) is 0 Å². The molecule has 1 atom stereocenters. The predicted molar refractivity (Wildman–Crippen MR) is 127 cm³/mol. The Morgan fingerprint density at radius 2 is 1.73 bits per heavy atom. The maximum absolute atomic E-state index is 13.0. The van der Waals surface area contributed by atoms with Crippen molar-refractivity contribution in [1.82, 2.24) is 10.2 Å². The zero-order valence-electron chi connectivity index (χ0n) is 18.0. The molecule has 2 rings (SSSR count). The summed E-state index contributed by atoms with van der Waals surface area (Å²) in [5.41, 5.74) is 2.11. The van der Waals surface area contributed by atoms with Crippen molar-refractivity contribution in [3.63, 3.8) is 0 Å². The fourth-order valence-corrected chi connectivity index (χ4v) is 3.64. The number of hydrogen-bond donors (Lipinski definition) is 1. The van der Waals surface area contributed by atoms with Crippen LogP contribution in [0.25, 0.3) is 0 Å². The van der Waals surface area contributed by atoms with Crippen LogP contribution in [0.5, 0.6) is 5.75 Å². The SMILES string of the molecule is CNC(=O)[C@@H](C)N(Cc1ccc(Br)cc1)C(=O)COc1ccc(C(C)(C)C)cc1Br. The van der Waals surface area contributed by atoms with Gasteiger partial charge in [-0.3, -0.25) is 9.59 Å². The Hall–Kier alpha value is -1.86. The first-order valence-corrected chi connectivity index (χ1v) is 11.3. The molecule has 2 amide bonds. The summed E-state index contributed by atoms with van der Waals surface area (Å²) in [7, 11) is 1.56. The quantitative estimate of drug-likeness (QED) is 0.535. The van der Waals surface area contributed by atoms with E-state index in [-0.39, 0.29) is 23.8 Å². The topological polar surface area (TPSA) is 58.6 Å². The van der Waals surface area contributed by atoms with Crippen LogP contribution in [-0.2, 0) is 21.5 Å². The molecule has 0 fully saturated rings. The van der Waals surface area contributed by atoms with Crippen molar-refractivity contribution in [3.8, 4) is 5.75 Å². The van der Waals surface area contributed by atoms with Gasteiger partial charge in [-0.2, -0.15) is 0 Å². The lowest BCUT2D eigenvalue weighted by molar-refractivity contribution is -0.142. The van der Waals surface area contributed by atoms with Gasteiger partial charge in [-0.15, -0.1) is 0 Å². The second kappa shape index (κ2) is 10.4. The Kier molecular flexibility index (Phi) is 8.50. The minimum atomic E-state index is -0.624. The molecule has 0 aliphatic heterocycles. The summed E-state index contributed by atoms with van der Waals surface area (Å²) in [5.74, 6) is 0.101. The highest BCUT2D eigenvalue weighted by Gasteiger charge is 2.26. The lowest BCUT2D eigenvalue weighted by atomic mass is 9.87. The fourth-order valence-electron chi connectivity index (χ4n) is 2.88. The van der Waals surface area contributed by atoms with Crippen LogP contribution in [0.15, 0.2) is 51.4 Å². The van der Waals surface area contributed by atoms with Gasteiger partial charge in [0.1, 0.15) is 11.8 Å². The molecule has 0 heterocycles. The molecular weight excluding hydrogens is 512 g/mol. The van der Waals surface area contributed by atoms with E-state index >= 15 is 0 Å². The zero-order chi connectivity index (χ0) is 22.5. The molecule has 0 unspecified atom stereocenters. The molecule has 0 spiro atoms. The third-order valence-electron chi connectivity index (χ3n) is 4.83. The van der Waals surface area contributed by atoms with Gasteiger partial charge >= 0.3 is 0 Å². The fraction of sp³-hybridized carbons (Fsp3) is 0.391. The number of rotatable bonds is 7. The maximum atomic E-state index is 13.0. The molecule has 1 N–H and O–H groups in total. The van der Waals surface area contributed by atoms with Gasteiger partial charge in [0, 0.05) is 18.1 Å². The van der Waals surface area contributed by atoms with Crippen LogP contribution in [0.4, 0.5) is 0 Å². The lowest BCUT2D eigenvalue weighted by Crippen LogP contribution is -2.48. The number of nitrogens with one attached hydrogen (secondary N) is 1. The van der Waals surface area contributed by atoms with Gasteiger partial charge < -0.3 is 15.0 Å². The van der Waals surface area contributed by atoms with E-state index in [1.165, 1.54) is 4.90 Å². The van der Waals surface area contributed by atoms with E-state index in [9.17, 15) is 9.59 Å². The highest BCUT2D eigenvalue weighted by molar-refractivity contribution is 9.10. The average Bonchev–Trinajstić information content (AvgIpc) is 2.70. The second-order valence-corrected chi connectivity index (χ2v) is 9.89. The number of benzene rings is 2. The van der Waals surface area contributed by atoms with E-state index in [1.807, 2.05) is 42.5 Å². The highest BCUT2D eigenvalue weighted by atomic mass is 79.9. The third-order valence-corrected chi connectivity index (χ3v) is 5.98. The standard InChI is InChI=1S/C23H28Br2N2O3/c1-15(22(29)26-5)27(13-16-6-9-18(24)10-7-16)21(28)14-30-20-11-8-17(12-19(20)25)23(2,3)4/h6-12,15H,13-14H2,1-5H3,(H,26,29)/t15-/m1/s1. The zero-order valence-corrected chi connectivity index (χ0v) is 21.1. The molecule has 0 aromatic heterocycles. The molecule has 0 saturated carbocycles. The van der Waals surface area contributed by atoms with Crippen LogP contribution >= 0.6 is 31.9 Å². The molecule has 0 saturated heterocycles. The average molecular weight is 540 g/mol. The third kappa shape index (κ3) is 6.57. The van der Waals surface area contributed by atoms with E-state index in [2.05, 4.69) is 57.9 Å². The Morgan fingerprint density at radius 3 is 2.27 bits per heavy atom. The van der Waals surface area contributed by atoms with E-state index in [1.54, 1.807) is 14.0 Å². The highest BCUT2D eigenvalue weighted by Crippen LogP contribution is 2.31. The van der Waals surface area contributed by atoms with Gasteiger partial charge in [0.2, 0.25) is 5.91 Å². The van der Waals surface area contributed by atoms with E-state index < -0.39 is 6.04 Å². The molecule has 0 aliphatic carbocycles. The molecule has 7 heteroatoms. The van der Waals surface area contributed by atoms with E-state index in [4.69, 9.17) is 4.74 Å². The first kappa shape index (κ1) is 24.4. The molecule has 0 aliphatic rings. The molecule has 5 nitrogen and oxygen atoms in total. The molecular formula is C23H28Br2N2O3. The second-order valence-electron chi connectivity index (χ2n) is 8.12. The largest absolute Gasteiger partial charge is 0.483 e. The van der Waals surface area contributed by atoms with Crippen molar-refractivity contribution in [2.45, 2.75) is 45.7 Å². The Morgan fingerprint density at radius 1 is 1.10 bits per heavy atom. The summed E-state index contributed by atoms with van der Waals surface area (Å²) < 4.78 is 7.54. The van der Waals surface area contributed by atoms with Crippen molar-refractivity contribution < 1.29 is 14.3 Å². The van der Waals surface area contributed by atoms with Crippen LogP contribution in [0.2, 0.25) is 0 Å². The molecule has 30 heavy (non-hydrogen) atoms. The minimum absolute atomic E-state index is 0.0152. The molecule has 0 bridgehead atoms. The summed E-state index contributed by atoms with van der Waals surface area (Å²) in [4.78, 5) is 26.7. The summed E-state index contributed by atoms with van der Waals surface area (Å²) in [6.45, 7) is 8.28. The van der Waals surface area contributed by atoms with E-state index in [0.29, 0.717) is 12.3 Å². The lowest BCUT2D eigenvalue weighted by Gasteiger charge is -2.28. The predicted octanol–water partition coefficient (Wildman–Crippen LogP) is 5.05. The van der Waals surface area contributed by atoms with Crippen LogP contribution in [0.3, 0.4) is 0 Å². The number of amides is 2. The summed E-state index contributed by atoms with van der Waals surface area (Å²) >= 11 is 6.94. The Labute approximate surface area is 195 Å². The van der Waals surface area contributed by atoms with Gasteiger partial charge in [0.25, 0.3) is 5.91 Å². The number of carbonyl (C=O) groups is 2. The number of carbonyl (C=O) groups excluding carboxylic acids is 2. The summed E-state index contributed by atoms with van der Waals surface area (Å²) in [6, 6.07) is 12.9. The minimum Gasteiger partial charge on any atom is -0.483 e.